The van der Waals surface area contributed by atoms with E-state index in [1.807, 2.05) is 63.2 Å². The predicted molar refractivity (Wildman–Crippen MR) is 106 cm³/mol. The second-order valence-corrected chi connectivity index (χ2v) is 7.31. The van der Waals surface area contributed by atoms with Gasteiger partial charge in [-0.3, -0.25) is 9.59 Å². The SMILES string of the molecule is Cc1ccccc1CNC(=O)C1(C(=O)Nc2ccccc2OC(C)C)CC1. The van der Waals surface area contributed by atoms with Crippen LogP contribution in [0, 0.1) is 12.3 Å². The van der Waals surface area contributed by atoms with Gasteiger partial charge in [0, 0.05) is 6.54 Å². The highest BCUT2D eigenvalue weighted by Crippen LogP contribution is 2.47. The molecule has 5 heteroatoms. The van der Waals surface area contributed by atoms with Crippen LogP contribution in [0.4, 0.5) is 5.69 Å². The Morgan fingerprint density at radius 1 is 1.04 bits per heavy atom. The van der Waals surface area contributed by atoms with E-state index < -0.39 is 5.41 Å². The molecular weight excluding hydrogens is 340 g/mol. The summed E-state index contributed by atoms with van der Waals surface area (Å²) in [4.78, 5) is 25.5. The number of carbonyl (C=O) groups excluding carboxylic acids is 2. The van der Waals surface area contributed by atoms with E-state index in [-0.39, 0.29) is 17.9 Å². The Kier molecular flexibility index (Phi) is 5.49. The molecule has 27 heavy (non-hydrogen) atoms. The fourth-order valence-corrected chi connectivity index (χ4v) is 3.00. The molecule has 0 heterocycles. The number of nitrogens with one attached hydrogen (secondary N) is 2. The highest BCUT2D eigenvalue weighted by atomic mass is 16.5. The molecule has 1 saturated carbocycles. The summed E-state index contributed by atoms with van der Waals surface area (Å²) in [7, 11) is 0. The number of anilines is 1. The standard InChI is InChI=1S/C22H26N2O3/c1-15(2)27-19-11-7-6-10-18(19)24-21(26)22(12-13-22)20(25)23-14-17-9-5-4-8-16(17)3/h4-11,15H,12-14H2,1-3H3,(H,23,25)(H,24,26). The van der Waals surface area contributed by atoms with E-state index in [1.165, 1.54) is 0 Å². The van der Waals surface area contributed by atoms with E-state index in [2.05, 4.69) is 10.6 Å². The highest BCUT2D eigenvalue weighted by molar-refractivity contribution is 6.13. The first-order chi connectivity index (χ1) is 12.9. The fraction of sp³-hybridized carbons (Fsp3) is 0.364. The Bertz CT molecular complexity index is 841. The first-order valence-corrected chi connectivity index (χ1v) is 9.32. The molecule has 2 N–H and O–H groups in total. The quantitative estimate of drug-likeness (QED) is 0.732. The molecule has 142 valence electrons. The van der Waals surface area contributed by atoms with Crippen molar-refractivity contribution in [3.8, 4) is 5.75 Å². The Morgan fingerprint density at radius 3 is 2.37 bits per heavy atom. The maximum Gasteiger partial charge on any atom is 0.240 e. The average molecular weight is 366 g/mol. The van der Waals surface area contributed by atoms with Gasteiger partial charge in [-0.05, 0) is 56.9 Å². The van der Waals surface area contributed by atoms with E-state index in [9.17, 15) is 9.59 Å². The van der Waals surface area contributed by atoms with Crippen molar-refractivity contribution >= 4 is 17.5 Å². The zero-order chi connectivity index (χ0) is 19.4. The van der Waals surface area contributed by atoms with Crippen LogP contribution in [-0.4, -0.2) is 17.9 Å². The number of benzene rings is 2. The van der Waals surface area contributed by atoms with E-state index in [4.69, 9.17) is 4.74 Å². The van der Waals surface area contributed by atoms with Gasteiger partial charge in [0.15, 0.2) is 0 Å². The van der Waals surface area contributed by atoms with Crippen molar-refractivity contribution in [2.24, 2.45) is 5.41 Å². The number of rotatable bonds is 7. The van der Waals surface area contributed by atoms with Crippen molar-refractivity contribution in [1.82, 2.24) is 5.32 Å². The normalized spacial score (nSPS) is 14.5. The highest BCUT2D eigenvalue weighted by Gasteiger charge is 2.56. The van der Waals surface area contributed by atoms with Crippen molar-refractivity contribution in [1.29, 1.82) is 0 Å². The third-order valence-corrected chi connectivity index (χ3v) is 4.82. The predicted octanol–water partition coefficient (Wildman–Crippen LogP) is 3.82. The summed E-state index contributed by atoms with van der Waals surface area (Å²) in [5.41, 5.74) is 1.78. The molecule has 0 unspecified atom stereocenters. The molecule has 1 aliphatic carbocycles. The summed E-state index contributed by atoms with van der Waals surface area (Å²) in [5, 5.41) is 5.81. The minimum absolute atomic E-state index is 0.00431. The summed E-state index contributed by atoms with van der Waals surface area (Å²) in [6, 6.07) is 15.2. The zero-order valence-corrected chi connectivity index (χ0v) is 16.0. The molecule has 2 amide bonds. The van der Waals surface area contributed by atoms with Crippen LogP contribution in [0.2, 0.25) is 0 Å². The molecule has 0 aliphatic heterocycles. The van der Waals surface area contributed by atoms with Crippen LogP contribution in [-0.2, 0) is 16.1 Å². The van der Waals surface area contributed by atoms with E-state index in [0.717, 1.165) is 11.1 Å². The molecule has 2 aromatic carbocycles. The molecule has 0 atom stereocenters. The van der Waals surface area contributed by atoms with Gasteiger partial charge in [-0.15, -0.1) is 0 Å². The maximum atomic E-state index is 12.8. The first-order valence-electron chi connectivity index (χ1n) is 9.32. The van der Waals surface area contributed by atoms with Crippen molar-refractivity contribution in [2.75, 3.05) is 5.32 Å². The van der Waals surface area contributed by atoms with Gasteiger partial charge in [0.25, 0.3) is 0 Å². The number of amides is 2. The molecule has 3 rings (SSSR count). The van der Waals surface area contributed by atoms with E-state index in [0.29, 0.717) is 30.8 Å². The molecule has 0 saturated heterocycles. The van der Waals surface area contributed by atoms with Crippen LogP contribution in [0.25, 0.3) is 0 Å². The number of hydrogen-bond donors (Lipinski definition) is 2. The third kappa shape index (κ3) is 4.30. The molecule has 0 bridgehead atoms. The van der Waals surface area contributed by atoms with Crippen molar-refractivity contribution in [2.45, 2.75) is 46.3 Å². The van der Waals surface area contributed by atoms with Gasteiger partial charge >= 0.3 is 0 Å². The monoisotopic (exact) mass is 366 g/mol. The Labute approximate surface area is 160 Å². The van der Waals surface area contributed by atoms with Gasteiger partial charge in [0.2, 0.25) is 11.8 Å². The Balaban J connectivity index is 1.66. The lowest BCUT2D eigenvalue weighted by molar-refractivity contribution is -0.134. The second-order valence-electron chi connectivity index (χ2n) is 7.31. The number of hydrogen-bond acceptors (Lipinski definition) is 3. The lowest BCUT2D eigenvalue weighted by Crippen LogP contribution is -2.39. The molecule has 0 radical (unpaired) electrons. The van der Waals surface area contributed by atoms with Crippen molar-refractivity contribution in [3.63, 3.8) is 0 Å². The molecule has 0 spiro atoms. The fourth-order valence-electron chi connectivity index (χ4n) is 3.00. The zero-order valence-electron chi connectivity index (χ0n) is 16.0. The minimum Gasteiger partial charge on any atom is -0.489 e. The van der Waals surface area contributed by atoms with Gasteiger partial charge in [0.1, 0.15) is 11.2 Å². The Morgan fingerprint density at radius 2 is 1.70 bits per heavy atom. The van der Waals surface area contributed by atoms with Crippen LogP contribution < -0.4 is 15.4 Å². The van der Waals surface area contributed by atoms with Crippen LogP contribution in [0.1, 0.15) is 37.8 Å². The van der Waals surface area contributed by atoms with E-state index >= 15 is 0 Å². The lowest BCUT2D eigenvalue weighted by atomic mass is 10.0. The van der Waals surface area contributed by atoms with Crippen molar-refractivity contribution in [3.05, 3.63) is 59.7 Å². The summed E-state index contributed by atoms with van der Waals surface area (Å²) in [6.07, 6.45) is 1.12. The molecule has 1 aliphatic rings. The topological polar surface area (TPSA) is 67.4 Å². The van der Waals surface area contributed by atoms with Crippen molar-refractivity contribution < 1.29 is 14.3 Å². The first kappa shape index (κ1) is 19.0. The van der Waals surface area contributed by atoms with Crippen LogP contribution in [0.5, 0.6) is 5.75 Å². The summed E-state index contributed by atoms with van der Waals surface area (Å²) in [6.45, 7) is 6.29. The van der Waals surface area contributed by atoms with Crippen LogP contribution in [0.15, 0.2) is 48.5 Å². The van der Waals surface area contributed by atoms with Gasteiger partial charge in [-0.1, -0.05) is 36.4 Å². The number of para-hydroxylation sites is 2. The van der Waals surface area contributed by atoms with Gasteiger partial charge in [0.05, 0.1) is 11.8 Å². The minimum atomic E-state index is -0.979. The van der Waals surface area contributed by atoms with Gasteiger partial charge in [-0.25, -0.2) is 0 Å². The average Bonchev–Trinajstić information content (AvgIpc) is 3.44. The van der Waals surface area contributed by atoms with Crippen LogP contribution >= 0.6 is 0 Å². The molecular formula is C22H26N2O3. The number of aryl methyl sites for hydroxylation is 1. The summed E-state index contributed by atoms with van der Waals surface area (Å²) < 4.78 is 5.74. The molecule has 0 aromatic heterocycles. The summed E-state index contributed by atoms with van der Waals surface area (Å²) in [5.74, 6) is 0.118. The smallest absolute Gasteiger partial charge is 0.240 e. The maximum absolute atomic E-state index is 12.8. The number of carbonyl (C=O) groups is 2. The second kappa shape index (κ2) is 7.82. The van der Waals surface area contributed by atoms with Gasteiger partial charge in [-0.2, -0.15) is 0 Å². The largest absolute Gasteiger partial charge is 0.489 e. The third-order valence-electron chi connectivity index (χ3n) is 4.82. The Hall–Kier alpha value is -2.82. The number of ether oxygens (including phenoxy) is 1. The lowest BCUT2D eigenvalue weighted by Gasteiger charge is -2.18. The summed E-state index contributed by atoms with van der Waals surface area (Å²) >= 11 is 0. The molecule has 5 nitrogen and oxygen atoms in total. The van der Waals surface area contributed by atoms with Gasteiger partial charge < -0.3 is 15.4 Å². The molecule has 1 fully saturated rings. The molecule has 2 aromatic rings. The van der Waals surface area contributed by atoms with E-state index in [1.54, 1.807) is 6.07 Å². The van der Waals surface area contributed by atoms with Crippen LogP contribution in [0.3, 0.4) is 0 Å².